The number of hydrogen-bond acceptors (Lipinski definition) is 2. The van der Waals surface area contributed by atoms with Crippen LogP contribution in [0.3, 0.4) is 0 Å². The van der Waals surface area contributed by atoms with Crippen molar-refractivity contribution in [1.82, 2.24) is 9.80 Å². The van der Waals surface area contributed by atoms with Crippen LogP contribution in [0, 0.1) is 0 Å². The average molecular weight is 387 g/mol. The lowest BCUT2D eigenvalue weighted by molar-refractivity contribution is 0.124. The van der Waals surface area contributed by atoms with Crippen LogP contribution in [0.15, 0.2) is 91.0 Å². The molecule has 0 saturated carbocycles. The van der Waals surface area contributed by atoms with Crippen molar-refractivity contribution < 1.29 is 0 Å². The third kappa shape index (κ3) is 6.28. The van der Waals surface area contributed by atoms with E-state index in [1.165, 1.54) is 16.7 Å². The maximum Gasteiger partial charge on any atom is 0.0497 e. The van der Waals surface area contributed by atoms with Crippen molar-refractivity contribution in [3.63, 3.8) is 0 Å². The van der Waals surface area contributed by atoms with Crippen molar-refractivity contribution in [2.24, 2.45) is 0 Å². The van der Waals surface area contributed by atoms with Gasteiger partial charge in [-0.2, -0.15) is 0 Å². The molecule has 0 radical (unpaired) electrons. The molecule has 0 bridgehead atoms. The van der Waals surface area contributed by atoms with E-state index in [0.29, 0.717) is 12.1 Å². The molecule has 152 valence electrons. The van der Waals surface area contributed by atoms with Gasteiger partial charge >= 0.3 is 0 Å². The van der Waals surface area contributed by atoms with E-state index >= 15 is 0 Å². The maximum absolute atomic E-state index is 2.52. The van der Waals surface area contributed by atoms with E-state index in [-0.39, 0.29) is 0 Å². The molecule has 0 aliphatic rings. The topological polar surface area (TPSA) is 6.48 Å². The molecule has 0 spiro atoms. The summed E-state index contributed by atoms with van der Waals surface area (Å²) in [5.74, 6) is 0. The van der Waals surface area contributed by atoms with Gasteiger partial charge in [0.25, 0.3) is 0 Å². The Bertz CT molecular complexity index is 817. The lowest BCUT2D eigenvalue weighted by Crippen LogP contribution is -2.43. The molecule has 0 saturated heterocycles. The fraction of sp³-hybridized carbons (Fsp3) is 0.333. The molecule has 29 heavy (non-hydrogen) atoms. The Kier molecular flexibility index (Phi) is 8.03. The number of likely N-dealkylation sites (N-methyl/N-ethyl adjacent to an activating group) is 2. The molecule has 3 rings (SSSR count). The minimum atomic E-state index is 0.362. The third-order valence-electron chi connectivity index (χ3n) is 5.96. The lowest BCUT2D eigenvalue weighted by atomic mass is 9.97. The van der Waals surface area contributed by atoms with Gasteiger partial charge in [0, 0.05) is 25.2 Å². The highest BCUT2D eigenvalue weighted by Crippen LogP contribution is 2.26. The second kappa shape index (κ2) is 10.9. The Morgan fingerprint density at radius 2 is 1.00 bits per heavy atom. The maximum atomic E-state index is 2.52. The molecule has 0 amide bonds. The number of rotatable bonds is 10. The highest BCUT2D eigenvalue weighted by atomic mass is 15.2. The van der Waals surface area contributed by atoms with Gasteiger partial charge in [-0.25, -0.2) is 0 Å². The van der Waals surface area contributed by atoms with Gasteiger partial charge in [-0.3, -0.25) is 4.90 Å². The van der Waals surface area contributed by atoms with Crippen molar-refractivity contribution in [2.75, 3.05) is 27.2 Å². The zero-order valence-corrected chi connectivity index (χ0v) is 18.0. The highest BCUT2D eigenvalue weighted by Gasteiger charge is 2.26. The minimum absolute atomic E-state index is 0.362. The molecule has 0 unspecified atom stereocenters. The fourth-order valence-electron chi connectivity index (χ4n) is 4.04. The second-order valence-electron chi connectivity index (χ2n) is 8.03. The van der Waals surface area contributed by atoms with Gasteiger partial charge in [0.15, 0.2) is 0 Å². The fourth-order valence-corrected chi connectivity index (χ4v) is 4.04. The molecular formula is C27H34N2. The summed E-state index contributed by atoms with van der Waals surface area (Å²) in [6.45, 7) is 4.46. The van der Waals surface area contributed by atoms with Crippen molar-refractivity contribution in [1.29, 1.82) is 0 Å². The van der Waals surface area contributed by atoms with Gasteiger partial charge in [-0.1, -0.05) is 91.0 Å². The van der Waals surface area contributed by atoms with Crippen LogP contribution in [0.5, 0.6) is 0 Å². The number of hydrogen-bond donors (Lipinski definition) is 0. The van der Waals surface area contributed by atoms with Crippen LogP contribution in [-0.4, -0.2) is 43.0 Å². The van der Waals surface area contributed by atoms with E-state index in [2.05, 4.69) is 122 Å². The Morgan fingerprint density at radius 3 is 1.48 bits per heavy atom. The molecule has 0 aromatic heterocycles. The van der Waals surface area contributed by atoms with E-state index in [1.807, 2.05) is 0 Å². The Balaban J connectivity index is 1.68. The van der Waals surface area contributed by atoms with Crippen LogP contribution in [0.2, 0.25) is 0 Å². The first-order valence-electron chi connectivity index (χ1n) is 10.7. The first-order chi connectivity index (χ1) is 14.1. The summed E-state index contributed by atoms with van der Waals surface area (Å²) >= 11 is 0. The van der Waals surface area contributed by atoms with Crippen LogP contribution in [0.25, 0.3) is 0 Å². The normalized spacial score (nSPS) is 13.6. The summed E-state index contributed by atoms with van der Waals surface area (Å²) in [5.41, 5.74) is 4.19. The molecule has 2 nitrogen and oxygen atoms in total. The second-order valence-corrected chi connectivity index (χ2v) is 8.03. The van der Waals surface area contributed by atoms with E-state index in [0.717, 1.165) is 25.9 Å². The molecule has 2 heteroatoms. The predicted octanol–water partition coefficient (Wildman–Crippen LogP) is 5.47. The van der Waals surface area contributed by atoms with Gasteiger partial charge in [0.2, 0.25) is 0 Å². The molecule has 3 aromatic rings. The van der Waals surface area contributed by atoms with Crippen LogP contribution in [0.4, 0.5) is 0 Å². The summed E-state index contributed by atoms with van der Waals surface area (Å²) in [7, 11) is 4.52. The van der Waals surface area contributed by atoms with Gasteiger partial charge in [-0.05, 0) is 50.6 Å². The Hall–Kier alpha value is -2.42. The van der Waals surface area contributed by atoms with Crippen LogP contribution >= 0.6 is 0 Å². The van der Waals surface area contributed by atoms with E-state index in [1.54, 1.807) is 0 Å². The monoisotopic (exact) mass is 386 g/mol. The summed E-state index contributed by atoms with van der Waals surface area (Å²) < 4.78 is 0. The predicted molar refractivity (Wildman–Crippen MR) is 124 cm³/mol. The standard InChI is InChI=1S/C27H34N2/c1-23(28(2)21-19-24-13-7-4-8-14-24)27(26-17-11-6-12-18-26)29(3)22-20-25-15-9-5-10-16-25/h4-18,23,27H,19-22H2,1-3H3/t23-,27+/m0/s1. The first kappa shape index (κ1) is 21.3. The smallest absolute Gasteiger partial charge is 0.0497 e. The van der Waals surface area contributed by atoms with E-state index < -0.39 is 0 Å². The van der Waals surface area contributed by atoms with Crippen LogP contribution in [-0.2, 0) is 12.8 Å². The quantitative estimate of drug-likeness (QED) is 0.456. The zero-order valence-electron chi connectivity index (χ0n) is 18.0. The van der Waals surface area contributed by atoms with Crippen molar-refractivity contribution >= 4 is 0 Å². The first-order valence-corrected chi connectivity index (χ1v) is 10.7. The molecular weight excluding hydrogens is 352 g/mol. The Labute approximate surface area is 176 Å². The van der Waals surface area contributed by atoms with E-state index in [9.17, 15) is 0 Å². The molecule has 0 aliphatic carbocycles. The molecule has 0 N–H and O–H groups in total. The number of benzene rings is 3. The largest absolute Gasteiger partial charge is 0.301 e. The minimum Gasteiger partial charge on any atom is -0.301 e. The summed E-state index contributed by atoms with van der Waals surface area (Å²) in [5, 5.41) is 0. The van der Waals surface area contributed by atoms with Gasteiger partial charge in [-0.15, -0.1) is 0 Å². The number of nitrogens with zero attached hydrogens (tertiary/aromatic N) is 2. The SMILES string of the molecule is C[C@@H]([C@H](c1ccccc1)N(C)CCc1ccccc1)N(C)CCc1ccccc1. The zero-order chi connectivity index (χ0) is 20.5. The van der Waals surface area contributed by atoms with Crippen LogP contribution < -0.4 is 0 Å². The summed E-state index contributed by atoms with van der Waals surface area (Å²) in [6, 6.07) is 33.3. The Morgan fingerprint density at radius 1 is 0.586 bits per heavy atom. The molecule has 3 aromatic carbocycles. The van der Waals surface area contributed by atoms with Crippen LogP contribution in [0.1, 0.15) is 29.7 Å². The summed E-state index contributed by atoms with van der Waals surface area (Å²) in [4.78, 5) is 5.02. The average Bonchev–Trinajstić information content (AvgIpc) is 2.78. The third-order valence-corrected chi connectivity index (χ3v) is 5.96. The molecule has 0 heterocycles. The van der Waals surface area contributed by atoms with Gasteiger partial charge in [0.05, 0.1) is 0 Å². The molecule has 2 atom stereocenters. The van der Waals surface area contributed by atoms with E-state index in [4.69, 9.17) is 0 Å². The van der Waals surface area contributed by atoms with Crippen molar-refractivity contribution in [3.8, 4) is 0 Å². The molecule has 0 fully saturated rings. The van der Waals surface area contributed by atoms with Crippen molar-refractivity contribution in [3.05, 3.63) is 108 Å². The molecule has 0 aliphatic heterocycles. The van der Waals surface area contributed by atoms with Gasteiger partial charge in [0.1, 0.15) is 0 Å². The lowest BCUT2D eigenvalue weighted by Gasteiger charge is -2.38. The highest BCUT2D eigenvalue weighted by molar-refractivity contribution is 5.21. The summed E-state index contributed by atoms with van der Waals surface area (Å²) in [6.07, 6.45) is 2.15. The van der Waals surface area contributed by atoms with Crippen molar-refractivity contribution in [2.45, 2.75) is 31.8 Å². The van der Waals surface area contributed by atoms with Gasteiger partial charge < -0.3 is 4.90 Å².